The first-order valence-electron chi connectivity index (χ1n) is 10.4. The van der Waals surface area contributed by atoms with Gasteiger partial charge in [0.15, 0.2) is 0 Å². The highest BCUT2D eigenvalue weighted by Gasteiger charge is 2.03. The van der Waals surface area contributed by atoms with Crippen LogP contribution in [-0.4, -0.2) is 7.05 Å². The van der Waals surface area contributed by atoms with Crippen molar-refractivity contribution in [1.82, 2.24) is 0 Å². The van der Waals surface area contributed by atoms with E-state index in [1.54, 1.807) is 6.08 Å². The molecule has 0 radical (unpaired) electrons. The van der Waals surface area contributed by atoms with Crippen molar-refractivity contribution in [2.45, 2.75) is 40.5 Å². The second-order valence-electron chi connectivity index (χ2n) is 6.33. The first-order valence-corrected chi connectivity index (χ1v) is 10.4. The topological polar surface area (TPSA) is 49.8 Å². The Labute approximate surface area is 183 Å². The summed E-state index contributed by atoms with van der Waals surface area (Å²) >= 11 is 0. The van der Waals surface area contributed by atoms with Gasteiger partial charge in [-0.25, -0.2) is 0 Å². The zero-order valence-electron chi connectivity index (χ0n) is 19.2. The minimum Gasteiger partial charge on any atom is -0.333 e. The third-order valence-corrected chi connectivity index (χ3v) is 4.43. The molecule has 0 aliphatic heterocycles. The summed E-state index contributed by atoms with van der Waals surface area (Å²) in [6, 6.07) is 16.9. The Morgan fingerprint density at radius 2 is 1.67 bits per heavy atom. The van der Waals surface area contributed by atoms with Crippen LogP contribution in [0.15, 0.2) is 73.3 Å². The summed E-state index contributed by atoms with van der Waals surface area (Å²) in [5.41, 5.74) is 12.0. The largest absolute Gasteiger partial charge is 0.333 e. The summed E-state index contributed by atoms with van der Waals surface area (Å²) in [6.45, 7) is 15.6. The van der Waals surface area contributed by atoms with Gasteiger partial charge < -0.3 is 5.73 Å². The van der Waals surface area contributed by atoms with Crippen LogP contribution in [0, 0.1) is 18.3 Å². The van der Waals surface area contributed by atoms with Gasteiger partial charge in [-0.2, -0.15) is 5.26 Å². The van der Waals surface area contributed by atoms with Crippen molar-refractivity contribution in [1.29, 1.82) is 5.26 Å². The number of allylic oxidation sites excluding steroid dienone is 4. The van der Waals surface area contributed by atoms with E-state index in [-0.39, 0.29) is 0 Å². The van der Waals surface area contributed by atoms with Gasteiger partial charge in [-0.05, 0) is 73.2 Å². The number of benzene rings is 2. The molecule has 0 aliphatic rings. The first kappa shape index (κ1) is 26.9. The van der Waals surface area contributed by atoms with Crippen LogP contribution in [0.1, 0.15) is 55.0 Å². The molecule has 2 heteroatoms. The average molecular weight is 401 g/mol. The molecule has 0 fully saturated rings. The monoisotopic (exact) mass is 400 g/mol. The Morgan fingerprint density at radius 3 is 2.23 bits per heavy atom. The van der Waals surface area contributed by atoms with Crippen LogP contribution in [0.25, 0.3) is 17.7 Å². The molecule has 0 unspecified atom stereocenters. The fourth-order valence-electron chi connectivity index (χ4n) is 2.87. The van der Waals surface area contributed by atoms with Gasteiger partial charge in [0.1, 0.15) is 0 Å². The SMILES string of the molecule is C=CCCc1cc(/C=C/c2cccc(/C(C=C)=C(/C)C#N)c2)ccc1C.CC.CN. The van der Waals surface area contributed by atoms with Crippen molar-refractivity contribution in [2.24, 2.45) is 5.73 Å². The van der Waals surface area contributed by atoms with Gasteiger partial charge in [0.25, 0.3) is 0 Å². The van der Waals surface area contributed by atoms with Crippen LogP contribution in [0.2, 0.25) is 0 Å². The van der Waals surface area contributed by atoms with Crippen molar-refractivity contribution >= 4 is 17.7 Å². The average Bonchev–Trinajstić information content (AvgIpc) is 2.81. The zero-order valence-corrected chi connectivity index (χ0v) is 19.2. The van der Waals surface area contributed by atoms with E-state index in [1.165, 1.54) is 23.7 Å². The lowest BCUT2D eigenvalue weighted by Gasteiger charge is -2.07. The van der Waals surface area contributed by atoms with Gasteiger partial charge in [-0.1, -0.05) is 81.1 Å². The number of hydrogen-bond donors (Lipinski definition) is 1. The van der Waals surface area contributed by atoms with Crippen molar-refractivity contribution in [3.05, 3.63) is 101 Å². The maximum Gasteiger partial charge on any atom is 0.0950 e. The molecule has 0 heterocycles. The van der Waals surface area contributed by atoms with E-state index in [4.69, 9.17) is 5.26 Å². The van der Waals surface area contributed by atoms with E-state index in [1.807, 2.05) is 39.0 Å². The van der Waals surface area contributed by atoms with Crippen LogP contribution in [0.4, 0.5) is 0 Å². The second kappa shape index (κ2) is 15.7. The van der Waals surface area contributed by atoms with Crippen molar-refractivity contribution in [3.8, 4) is 6.07 Å². The number of nitrogens with two attached hydrogens (primary N) is 1. The maximum atomic E-state index is 9.15. The predicted octanol–water partition coefficient (Wildman–Crippen LogP) is 7.37. The normalized spacial score (nSPS) is 10.6. The van der Waals surface area contributed by atoms with Crippen LogP contribution in [0.3, 0.4) is 0 Å². The molecular formula is C28H36N2. The summed E-state index contributed by atoms with van der Waals surface area (Å²) < 4.78 is 0. The van der Waals surface area contributed by atoms with Gasteiger partial charge in [0.05, 0.1) is 6.07 Å². The summed E-state index contributed by atoms with van der Waals surface area (Å²) in [5, 5.41) is 9.15. The Kier molecular flexibility index (Phi) is 14.1. The highest BCUT2D eigenvalue weighted by molar-refractivity contribution is 5.80. The van der Waals surface area contributed by atoms with Gasteiger partial charge in [0.2, 0.25) is 0 Å². The third-order valence-electron chi connectivity index (χ3n) is 4.43. The molecule has 0 atom stereocenters. The smallest absolute Gasteiger partial charge is 0.0950 e. The van der Waals surface area contributed by atoms with Gasteiger partial charge in [-0.15, -0.1) is 6.58 Å². The summed E-state index contributed by atoms with van der Waals surface area (Å²) in [6.07, 6.45) is 9.95. The lowest BCUT2D eigenvalue weighted by molar-refractivity contribution is 0.989. The maximum absolute atomic E-state index is 9.15. The summed E-state index contributed by atoms with van der Waals surface area (Å²) in [4.78, 5) is 0. The van der Waals surface area contributed by atoms with Crippen molar-refractivity contribution in [2.75, 3.05) is 7.05 Å². The zero-order chi connectivity index (χ0) is 22.9. The molecule has 2 rings (SSSR count). The molecule has 0 aromatic heterocycles. The molecule has 0 saturated heterocycles. The molecule has 0 aliphatic carbocycles. The molecule has 30 heavy (non-hydrogen) atoms. The minimum absolute atomic E-state index is 0.673. The van der Waals surface area contributed by atoms with Gasteiger partial charge in [0, 0.05) is 5.57 Å². The summed E-state index contributed by atoms with van der Waals surface area (Å²) in [7, 11) is 1.50. The predicted molar refractivity (Wildman–Crippen MR) is 135 cm³/mol. The molecule has 2 N–H and O–H groups in total. The quantitative estimate of drug-likeness (QED) is 0.228. The highest BCUT2D eigenvalue weighted by Crippen LogP contribution is 2.22. The van der Waals surface area contributed by atoms with Crippen LogP contribution < -0.4 is 5.73 Å². The minimum atomic E-state index is 0.673. The third kappa shape index (κ3) is 8.47. The van der Waals surface area contributed by atoms with Gasteiger partial charge in [-0.3, -0.25) is 0 Å². The summed E-state index contributed by atoms with van der Waals surface area (Å²) in [5.74, 6) is 0. The number of hydrogen-bond acceptors (Lipinski definition) is 2. The van der Waals surface area contributed by atoms with Crippen LogP contribution in [-0.2, 0) is 6.42 Å². The number of nitriles is 1. The second-order valence-corrected chi connectivity index (χ2v) is 6.33. The van der Waals surface area contributed by atoms with Crippen molar-refractivity contribution in [3.63, 3.8) is 0 Å². The number of nitrogens with zero attached hydrogens (tertiary/aromatic N) is 1. The Balaban J connectivity index is 0.00000198. The number of rotatable bonds is 7. The molecule has 0 spiro atoms. The first-order chi connectivity index (χ1) is 14.6. The molecule has 0 saturated carbocycles. The van der Waals surface area contributed by atoms with E-state index in [9.17, 15) is 0 Å². The van der Waals surface area contributed by atoms with Crippen LogP contribution >= 0.6 is 0 Å². The standard InChI is InChI=1S/C25H25N.C2H6.CH5N/c1-5-7-10-23-16-22(13-12-19(23)3)15-14-21-9-8-11-24(17-21)25(6-2)20(4)18-26;2*1-2/h5-6,8-9,11-17H,1-2,7,10H2,3-4H3;1-2H3;2H2,1H3/b15-14+,25-20-;;. The Bertz CT molecular complexity index is 908. The van der Waals surface area contributed by atoms with E-state index in [2.05, 4.69) is 74.4 Å². The van der Waals surface area contributed by atoms with E-state index >= 15 is 0 Å². The van der Waals surface area contributed by atoms with E-state index in [0.717, 1.165) is 29.5 Å². The molecule has 2 aromatic rings. The fourth-order valence-corrected chi connectivity index (χ4v) is 2.87. The Hall–Kier alpha value is -3.15. The molecule has 158 valence electrons. The molecule has 2 nitrogen and oxygen atoms in total. The highest BCUT2D eigenvalue weighted by atomic mass is 14.4. The number of aryl methyl sites for hydroxylation is 2. The molecular weight excluding hydrogens is 364 g/mol. The van der Waals surface area contributed by atoms with Gasteiger partial charge >= 0.3 is 0 Å². The molecule has 0 amide bonds. The lowest BCUT2D eigenvalue weighted by Crippen LogP contribution is -1.89. The Morgan fingerprint density at radius 1 is 1.03 bits per heavy atom. The van der Waals surface area contributed by atoms with E-state index < -0.39 is 0 Å². The van der Waals surface area contributed by atoms with E-state index in [0.29, 0.717) is 5.57 Å². The lowest BCUT2D eigenvalue weighted by atomic mass is 9.98. The molecule has 0 bridgehead atoms. The van der Waals surface area contributed by atoms with Crippen LogP contribution in [0.5, 0.6) is 0 Å². The fraction of sp³-hybridized carbons (Fsp3) is 0.250. The van der Waals surface area contributed by atoms with Crippen molar-refractivity contribution < 1.29 is 0 Å². The molecule has 2 aromatic carbocycles.